The van der Waals surface area contributed by atoms with Crippen LogP contribution in [-0.2, 0) is 21.4 Å². The molecule has 132 valence electrons. The first kappa shape index (κ1) is 18.2. The zero-order valence-electron chi connectivity index (χ0n) is 13.1. The van der Waals surface area contributed by atoms with Crippen LogP contribution in [0.15, 0.2) is 47.4 Å². The van der Waals surface area contributed by atoms with Crippen molar-refractivity contribution in [3.05, 3.63) is 58.1 Å². The molecule has 0 unspecified atom stereocenters. The van der Waals surface area contributed by atoms with Crippen molar-refractivity contribution < 1.29 is 13.2 Å². The largest absolute Gasteiger partial charge is 0.326 e. The first-order chi connectivity index (χ1) is 11.9. The Morgan fingerprint density at radius 2 is 1.64 bits per heavy atom. The maximum Gasteiger partial charge on any atom is 0.243 e. The molecular formula is C17H16Cl2N2O3S. The molecule has 1 amide bonds. The van der Waals surface area contributed by atoms with Crippen molar-refractivity contribution in [1.29, 1.82) is 0 Å². The van der Waals surface area contributed by atoms with E-state index in [-0.39, 0.29) is 33.3 Å². The minimum Gasteiger partial charge on any atom is -0.326 e. The molecule has 1 fully saturated rings. The first-order valence-corrected chi connectivity index (χ1v) is 9.94. The van der Waals surface area contributed by atoms with E-state index in [0.29, 0.717) is 5.69 Å². The van der Waals surface area contributed by atoms with Crippen LogP contribution in [0.4, 0.5) is 5.69 Å². The van der Waals surface area contributed by atoms with Crippen molar-refractivity contribution in [2.24, 2.45) is 5.92 Å². The molecule has 2 aromatic carbocycles. The van der Waals surface area contributed by atoms with E-state index in [2.05, 4.69) is 10.0 Å². The molecule has 1 aliphatic carbocycles. The van der Waals surface area contributed by atoms with E-state index < -0.39 is 10.0 Å². The van der Waals surface area contributed by atoms with E-state index in [4.69, 9.17) is 23.2 Å². The Labute approximate surface area is 156 Å². The molecule has 0 atom stereocenters. The molecule has 1 aliphatic rings. The van der Waals surface area contributed by atoms with Crippen LogP contribution in [0.1, 0.15) is 18.4 Å². The molecule has 0 bridgehead atoms. The Kier molecular flexibility index (Phi) is 5.34. The lowest BCUT2D eigenvalue weighted by molar-refractivity contribution is -0.117. The highest BCUT2D eigenvalue weighted by Crippen LogP contribution is 2.30. The summed E-state index contributed by atoms with van der Waals surface area (Å²) in [5.74, 6) is 0.161. The highest BCUT2D eigenvalue weighted by molar-refractivity contribution is 7.89. The smallest absolute Gasteiger partial charge is 0.243 e. The molecule has 5 nitrogen and oxygen atoms in total. The van der Waals surface area contributed by atoms with Gasteiger partial charge in [-0.2, -0.15) is 0 Å². The first-order valence-electron chi connectivity index (χ1n) is 7.70. The van der Waals surface area contributed by atoms with Crippen LogP contribution in [0.5, 0.6) is 0 Å². The number of nitrogens with one attached hydrogen (secondary N) is 2. The van der Waals surface area contributed by atoms with Gasteiger partial charge in [-0.25, -0.2) is 13.1 Å². The quantitative estimate of drug-likeness (QED) is 0.776. The summed E-state index contributed by atoms with van der Waals surface area (Å²) in [5, 5.41) is 2.97. The third-order valence-electron chi connectivity index (χ3n) is 3.82. The zero-order valence-corrected chi connectivity index (χ0v) is 15.5. The van der Waals surface area contributed by atoms with Crippen molar-refractivity contribution in [2.75, 3.05) is 5.32 Å². The molecule has 1 saturated carbocycles. The maximum absolute atomic E-state index is 12.4. The minimum absolute atomic E-state index is 0.0295. The van der Waals surface area contributed by atoms with Crippen molar-refractivity contribution in [3.8, 4) is 0 Å². The second kappa shape index (κ2) is 7.33. The normalized spacial score (nSPS) is 14.3. The van der Waals surface area contributed by atoms with Crippen LogP contribution in [0.2, 0.25) is 10.0 Å². The number of amides is 1. The number of carbonyl (C=O) groups excluding carboxylic acids is 1. The molecule has 0 aromatic heterocycles. The summed E-state index contributed by atoms with van der Waals surface area (Å²) in [6, 6.07) is 11.5. The SMILES string of the molecule is O=C(Nc1ccc(CNS(=O)(=O)c2c(Cl)cccc2Cl)cc1)C1CC1. The monoisotopic (exact) mass is 398 g/mol. The summed E-state index contributed by atoms with van der Waals surface area (Å²) in [4.78, 5) is 11.6. The van der Waals surface area contributed by atoms with Gasteiger partial charge in [-0.1, -0.05) is 41.4 Å². The number of halogens is 2. The van der Waals surface area contributed by atoms with Crippen LogP contribution in [0.25, 0.3) is 0 Å². The highest BCUT2D eigenvalue weighted by Gasteiger charge is 2.29. The zero-order chi connectivity index (χ0) is 18.0. The molecule has 2 N–H and O–H groups in total. The summed E-state index contributed by atoms with van der Waals surface area (Å²) in [6.45, 7) is 0.0841. The van der Waals surface area contributed by atoms with Crippen LogP contribution in [0.3, 0.4) is 0 Å². The number of anilines is 1. The number of benzene rings is 2. The second-order valence-corrected chi connectivity index (χ2v) is 8.35. The van der Waals surface area contributed by atoms with Gasteiger partial charge >= 0.3 is 0 Å². The standard InChI is InChI=1S/C17H16Cl2N2O3S/c18-14-2-1-3-15(19)16(14)25(23,24)20-10-11-4-8-13(9-5-11)21-17(22)12-6-7-12/h1-5,8-9,12,20H,6-7,10H2,(H,21,22). The topological polar surface area (TPSA) is 75.3 Å². The number of sulfonamides is 1. The summed E-state index contributed by atoms with van der Waals surface area (Å²) in [7, 11) is -3.84. The molecule has 0 saturated heterocycles. The molecule has 25 heavy (non-hydrogen) atoms. The Morgan fingerprint density at radius 1 is 1.04 bits per heavy atom. The summed E-state index contributed by atoms with van der Waals surface area (Å²) < 4.78 is 27.3. The van der Waals surface area contributed by atoms with Gasteiger partial charge in [0.25, 0.3) is 0 Å². The van der Waals surface area contributed by atoms with Crippen LogP contribution in [0, 0.1) is 5.92 Å². The lowest BCUT2D eigenvalue weighted by Crippen LogP contribution is -2.24. The lowest BCUT2D eigenvalue weighted by Gasteiger charge is -2.10. The third-order valence-corrected chi connectivity index (χ3v) is 6.18. The van der Waals surface area contributed by atoms with Crippen molar-refractivity contribution in [2.45, 2.75) is 24.3 Å². The average molecular weight is 399 g/mol. The highest BCUT2D eigenvalue weighted by atomic mass is 35.5. The van der Waals surface area contributed by atoms with Crippen molar-refractivity contribution >= 4 is 44.8 Å². The maximum atomic E-state index is 12.4. The van der Waals surface area contributed by atoms with Crippen LogP contribution < -0.4 is 10.0 Å². The predicted octanol–water partition coefficient (Wildman–Crippen LogP) is 3.82. The van der Waals surface area contributed by atoms with E-state index >= 15 is 0 Å². The van der Waals surface area contributed by atoms with E-state index in [1.807, 2.05) is 0 Å². The van der Waals surface area contributed by atoms with Crippen molar-refractivity contribution in [1.82, 2.24) is 4.72 Å². The van der Waals surface area contributed by atoms with E-state index in [1.165, 1.54) is 12.1 Å². The Hall–Kier alpha value is -1.60. The average Bonchev–Trinajstić information content (AvgIpc) is 3.39. The summed E-state index contributed by atoms with van der Waals surface area (Å²) in [6.07, 6.45) is 1.88. The molecule has 0 radical (unpaired) electrons. The Bertz CT molecular complexity index is 874. The van der Waals surface area contributed by atoms with Gasteiger partial charge < -0.3 is 5.32 Å². The minimum atomic E-state index is -3.84. The van der Waals surface area contributed by atoms with E-state index in [9.17, 15) is 13.2 Å². The molecule has 8 heteroatoms. The van der Waals surface area contributed by atoms with Gasteiger partial charge in [-0.15, -0.1) is 0 Å². The van der Waals surface area contributed by atoms with Crippen molar-refractivity contribution in [3.63, 3.8) is 0 Å². The van der Waals surface area contributed by atoms with Gasteiger partial charge in [0.15, 0.2) is 0 Å². The van der Waals surface area contributed by atoms with Gasteiger partial charge in [0.1, 0.15) is 4.90 Å². The fourth-order valence-electron chi connectivity index (χ4n) is 2.29. The molecule has 0 heterocycles. The molecule has 0 aliphatic heterocycles. The lowest BCUT2D eigenvalue weighted by atomic mass is 10.2. The van der Waals surface area contributed by atoms with E-state index in [0.717, 1.165) is 18.4 Å². The second-order valence-electron chi connectivity index (χ2n) is 5.84. The molecule has 3 rings (SSSR count). The molecular weight excluding hydrogens is 383 g/mol. The number of carbonyl (C=O) groups is 1. The number of hydrogen-bond acceptors (Lipinski definition) is 3. The van der Waals surface area contributed by atoms with Gasteiger partial charge in [0.2, 0.25) is 15.9 Å². The van der Waals surface area contributed by atoms with Gasteiger partial charge in [0, 0.05) is 18.2 Å². The van der Waals surface area contributed by atoms with Gasteiger partial charge in [-0.05, 0) is 42.7 Å². The molecule has 2 aromatic rings. The summed E-state index contributed by atoms with van der Waals surface area (Å²) in [5.41, 5.74) is 1.44. The van der Waals surface area contributed by atoms with Gasteiger partial charge in [0.05, 0.1) is 10.0 Å². The van der Waals surface area contributed by atoms with Gasteiger partial charge in [-0.3, -0.25) is 4.79 Å². The van der Waals surface area contributed by atoms with Crippen LogP contribution >= 0.6 is 23.2 Å². The van der Waals surface area contributed by atoms with Crippen LogP contribution in [-0.4, -0.2) is 14.3 Å². The fraction of sp³-hybridized carbons (Fsp3) is 0.235. The summed E-state index contributed by atoms with van der Waals surface area (Å²) >= 11 is 11.9. The predicted molar refractivity (Wildman–Crippen MR) is 98.3 cm³/mol. The number of rotatable bonds is 6. The van der Waals surface area contributed by atoms with E-state index in [1.54, 1.807) is 30.3 Å². The Balaban J connectivity index is 1.65. The number of hydrogen-bond donors (Lipinski definition) is 2. The fourth-order valence-corrected chi connectivity index (χ4v) is 4.44. The third kappa shape index (κ3) is 4.52. The Morgan fingerprint density at radius 3 is 2.20 bits per heavy atom. The molecule has 0 spiro atoms.